The predicted molar refractivity (Wildman–Crippen MR) is 67.7 cm³/mol. The fraction of sp³-hybridized carbons (Fsp3) is 0.909. The Kier molecular flexibility index (Phi) is 5.82. The molecule has 1 fully saturated rings. The molecule has 0 aliphatic carbocycles. The minimum absolute atomic E-state index is 0.324. The zero-order valence-electron chi connectivity index (χ0n) is 8.97. The second-order valence-electron chi connectivity index (χ2n) is 4.14. The number of likely N-dealkylation sites (tertiary alicyclic amines) is 1. The molecule has 1 saturated heterocycles. The number of alkyl halides is 1. The number of amides is 1. The Morgan fingerprint density at radius 3 is 2.93 bits per heavy atom. The van der Waals surface area contributed by atoms with Gasteiger partial charge in [-0.05, 0) is 30.1 Å². The van der Waals surface area contributed by atoms with Crippen molar-refractivity contribution in [1.29, 1.82) is 0 Å². The van der Waals surface area contributed by atoms with Crippen LogP contribution in [0.4, 0.5) is 0 Å². The van der Waals surface area contributed by atoms with Crippen molar-refractivity contribution < 1.29 is 4.79 Å². The molecular weight excluding hydrogens is 289 g/mol. The van der Waals surface area contributed by atoms with Crippen molar-refractivity contribution in [2.24, 2.45) is 5.92 Å². The van der Waals surface area contributed by atoms with Gasteiger partial charge in [-0.1, -0.05) is 35.4 Å². The summed E-state index contributed by atoms with van der Waals surface area (Å²) in [6.07, 6.45) is 7.11. The number of carbonyl (C=O) groups excluding carboxylic acids is 1. The maximum Gasteiger partial charge on any atom is 0.225 e. The van der Waals surface area contributed by atoms with Crippen molar-refractivity contribution in [3.05, 3.63) is 0 Å². The van der Waals surface area contributed by atoms with Crippen LogP contribution in [0.25, 0.3) is 0 Å². The maximum atomic E-state index is 11.9. The van der Waals surface area contributed by atoms with E-state index >= 15 is 0 Å². The fourth-order valence-corrected chi connectivity index (χ4v) is 2.58. The molecule has 3 heteroatoms. The molecule has 1 aliphatic rings. The third-order valence-corrected chi connectivity index (χ3v) is 3.72. The Morgan fingerprint density at radius 1 is 1.43 bits per heavy atom. The molecule has 0 aromatic heterocycles. The van der Waals surface area contributed by atoms with Gasteiger partial charge in [0, 0.05) is 19.5 Å². The minimum Gasteiger partial charge on any atom is -0.346 e. The molecule has 1 amide bonds. The van der Waals surface area contributed by atoms with Gasteiger partial charge < -0.3 is 4.90 Å². The summed E-state index contributed by atoms with van der Waals surface area (Å²) in [6, 6.07) is 0. The Labute approximate surface area is 101 Å². The van der Waals surface area contributed by atoms with Crippen molar-refractivity contribution >= 4 is 28.5 Å². The molecule has 14 heavy (non-hydrogen) atoms. The molecule has 0 spiro atoms. The monoisotopic (exact) mass is 309 g/mol. The van der Waals surface area contributed by atoms with Crippen LogP contribution in [-0.2, 0) is 4.79 Å². The molecular formula is C11H20INO. The number of hydrogen-bond acceptors (Lipinski definition) is 1. The lowest BCUT2D eigenvalue weighted by atomic mass is 9.96. The normalized spacial score (nSPS) is 23.7. The van der Waals surface area contributed by atoms with Crippen molar-refractivity contribution in [2.75, 3.05) is 18.0 Å². The minimum atomic E-state index is 0.324. The molecule has 0 aromatic rings. The number of halogens is 1. The quantitative estimate of drug-likeness (QED) is 0.444. The molecule has 0 radical (unpaired) electrons. The molecule has 0 aromatic carbocycles. The lowest BCUT2D eigenvalue weighted by molar-refractivity contribution is -0.133. The summed E-state index contributed by atoms with van der Waals surface area (Å²) in [4.78, 5) is 13.8. The zero-order valence-corrected chi connectivity index (χ0v) is 11.1. The molecule has 1 aliphatic heterocycles. The van der Waals surface area contributed by atoms with E-state index in [9.17, 15) is 4.79 Å². The molecule has 0 saturated carbocycles. The SMILES string of the molecule is CN1CCCCC(CCCCI)C1=O. The summed E-state index contributed by atoms with van der Waals surface area (Å²) < 4.78 is 1.22. The molecule has 0 N–H and O–H groups in total. The summed E-state index contributed by atoms with van der Waals surface area (Å²) in [7, 11) is 1.94. The highest BCUT2D eigenvalue weighted by Gasteiger charge is 2.23. The van der Waals surface area contributed by atoms with E-state index in [0.717, 1.165) is 19.4 Å². The zero-order chi connectivity index (χ0) is 10.4. The van der Waals surface area contributed by atoms with Gasteiger partial charge in [0.15, 0.2) is 0 Å². The van der Waals surface area contributed by atoms with E-state index in [4.69, 9.17) is 0 Å². The average molecular weight is 309 g/mol. The van der Waals surface area contributed by atoms with Crippen LogP contribution in [0.3, 0.4) is 0 Å². The van der Waals surface area contributed by atoms with Crippen LogP contribution in [0.2, 0.25) is 0 Å². The summed E-state index contributed by atoms with van der Waals surface area (Å²) in [5, 5.41) is 0. The number of carbonyl (C=O) groups is 1. The van der Waals surface area contributed by atoms with Crippen LogP contribution >= 0.6 is 22.6 Å². The van der Waals surface area contributed by atoms with E-state index in [-0.39, 0.29) is 0 Å². The van der Waals surface area contributed by atoms with Crippen LogP contribution in [0.15, 0.2) is 0 Å². The van der Waals surface area contributed by atoms with Gasteiger partial charge in [-0.3, -0.25) is 4.79 Å². The lowest BCUT2D eigenvalue weighted by Crippen LogP contribution is -2.31. The van der Waals surface area contributed by atoms with Gasteiger partial charge in [-0.2, -0.15) is 0 Å². The highest BCUT2D eigenvalue weighted by atomic mass is 127. The van der Waals surface area contributed by atoms with E-state index < -0.39 is 0 Å². The van der Waals surface area contributed by atoms with Crippen LogP contribution in [0.5, 0.6) is 0 Å². The van der Waals surface area contributed by atoms with E-state index in [1.165, 1.54) is 30.1 Å². The number of nitrogens with zero attached hydrogens (tertiary/aromatic N) is 1. The molecule has 82 valence electrons. The smallest absolute Gasteiger partial charge is 0.225 e. The van der Waals surface area contributed by atoms with Gasteiger partial charge in [-0.15, -0.1) is 0 Å². The summed E-state index contributed by atoms with van der Waals surface area (Å²) in [5.74, 6) is 0.710. The Hall–Kier alpha value is 0.200. The highest BCUT2D eigenvalue weighted by Crippen LogP contribution is 2.22. The largest absolute Gasteiger partial charge is 0.346 e. The predicted octanol–water partition coefficient (Wildman–Crippen LogP) is 2.85. The summed E-state index contributed by atoms with van der Waals surface area (Å²) in [6.45, 7) is 0.960. The fourth-order valence-electron chi connectivity index (χ4n) is 2.04. The van der Waals surface area contributed by atoms with Crippen LogP contribution in [0.1, 0.15) is 38.5 Å². The third kappa shape index (κ3) is 3.75. The molecule has 1 unspecified atom stereocenters. The lowest BCUT2D eigenvalue weighted by Gasteiger charge is -2.19. The van der Waals surface area contributed by atoms with Gasteiger partial charge in [0.25, 0.3) is 0 Å². The van der Waals surface area contributed by atoms with Crippen molar-refractivity contribution in [1.82, 2.24) is 4.90 Å². The van der Waals surface area contributed by atoms with Gasteiger partial charge >= 0.3 is 0 Å². The second-order valence-corrected chi connectivity index (χ2v) is 5.22. The van der Waals surface area contributed by atoms with Crippen molar-refractivity contribution in [3.63, 3.8) is 0 Å². The first kappa shape index (κ1) is 12.3. The van der Waals surface area contributed by atoms with Gasteiger partial charge in [0.05, 0.1) is 0 Å². The van der Waals surface area contributed by atoms with E-state index in [1.54, 1.807) is 0 Å². The number of unbranched alkanes of at least 4 members (excludes halogenated alkanes) is 1. The highest BCUT2D eigenvalue weighted by molar-refractivity contribution is 14.1. The summed E-state index contributed by atoms with van der Waals surface area (Å²) >= 11 is 2.40. The number of hydrogen-bond donors (Lipinski definition) is 0. The molecule has 2 nitrogen and oxygen atoms in total. The van der Waals surface area contributed by atoms with Gasteiger partial charge in [0.2, 0.25) is 5.91 Å². The first-order valence-electron chi connectivity index (χ1n) is 5.56. The van der Waals surface area contributed by atoms with E-state index in [2.05, 4.69) is 22.6 Å². The van der Waals surface area contributed by atoms with Gasteiger partial charge in [-0.25, -0.2) is 0 Å². The van der Waals surface area contributed by atoms with Crippen LogP contribution in [0, 0.1) is 5.92 Å². The average Bonchev–Trinajstić information content (AvgIpc) is 2.33. The first-order valence-corrected chi connectivity index (χ1v) is 7.09. The van der Waals surface area contributed by atoms with Crippen molar-refractivity contribution in [3.8, 4) is 0 Å². The van der Waals surface area contributed by atoms with Crippen molar-refractivity contribution in [2.45, 2.75) is 38.5 Å². The van der Waals surface area contributed by atoms with E-state index in [1.807, 2.05) is 11.9 Å². The molecule has 1 atom stereocenters. The molecule has 1 heterocycles. The Balaban J connectivity index is 2.36. The Bertz CT molecular complexity index is 184. The van der Waals surface area contributed by atoms with Crippen LogP contribution < -0.4 is 0 Å². The maximum absolute atomic E-state index is 11.9. The molecule has 1 rings (SSSR count). The van der Waals surface area contributed by atoms with Crippen LogP contribution in [-0.4, -0.2) is 28.8 Å². The topological polar surface area (TPSA) is 20.3 Å². The number of rotatable bonds is 4. The third-order valence-electron chi connectivity index (χ3n) is 2.96. The molecule has 0 bridgehead atoms. The standard InChI is InChI=1S/C11H20INO/c1-13-9-5-3-7-10(11(13)14)6-2-4-8-12/h10H,2-9H2,1H3. The first-order chi connectivity index (χ1) is 6.75. The second kappa shape index (κ2) is 6.64. The Morgan fingerprint density at radius 2 is 2.21 bits per heavy atom. The van der Waals surface area contributed by atoms with Gasteiger partial charge in [0.1, 0.15) is 0 Å². The van der Waals surface area contributed by atoms with E-state index in [0.29, 0.717) is 11.8 Å². The summed E-state index contributed by atoms with van der Waals surface area (Å²) in [5.41, 5.74) is 0.